The second kappa shape index (κ2) is 7.24. The Morgan fingerprint density at radius 1 is 1.08 bits per heavy atom. The fourth-order valence-corrected chi connectivity index (χ4v) is 3.50. The monoisotopic (exact) mass is 323 g/mol. The van der Waals surface area contributed by atoms with Gasteiger partial charge in [0.05, 0.1) is 12.8 Å². The van der Waals surface area contributed by atoms with Crippen LogP contribution in [0.4, 0.5) is 0 Å². The Morgan fingerprint density at radius 2 is 2.00 bits per heavy atom. The predicted molar refractivity (Wildman–Crippen MR) is 98.0 cm³/mol. The molecular formula is C20H25N3O. The number of furan rings is 1. The van der Waals surface area contributed by atoms with E-state index in [0.29, 0.717) is 0 Å². The van der Waals surface area contributed by atoms with E-state index in [2.05, 4.69) is 45.5 Å². The Morgan fingerprint density at radius 3 is 2.92 bits per heavy atom. The minimum atomic E-state index is 0.798. The summed E-state index contributed by atoms with van der Waals surface area (Å²) in [5.41, 5.74) is 3.51. The number of rotatable bonds is 7. The molecule has 126 valence electrons. The first kappa shape index (κ1) is 15.5. The average molecular weight is 323 g/mol. The molecule has 0 bridgehead atoms. The highest BCUT2D eigenvalue weighted by Gasteiger charge is 2.10. The van der Waals surface area contributed by atoms with Crippen LogP contribution in [0.5, 0.6) is 0 Å². The summed E-state index contributed by atoms with van der Waals surface area (Å²) in [4.78, 5) is 5.79. The van der Waals surface area contributed by atoms with Gasteiger partial charge in [-0.3, -0.25) is 0 Å². The van der Waals surface area contributed by atoms with Crippen LogP contribution >= 0.6 is 0 Å². The van der Waals surface area contributed by atoms with E-state index in [4.69, 9.17) is 4.42 Å². The van der Waals surface area contributed by atoms with Gasteiger partial charge in [0.1, 0.15) is 5.76 Å². The van der Waals surface area contributed by atoms with Gasteiger partial charge in [-0.1, -0.05) is 6.07 Å². The minimum Gasteiger partial charge on any atom is -0.467 e. The summed E-state index contributed by atoms with van der Waals surface area (Å²) in [7, 11) is 0. The van der Waals surface area contributed by atoms with E-state index in [1.165, 1.54) is 55.4 Å². The molecule has 4 heteroatoms. The smallest absolute Gasteiger partial charge is 0.118 e. The molecule has 0 atom stereocenters. The molecule has 0 unspecified atom stereocenters. The molecule has 1 saturated heterocycles. The Labute approximate surface area is 142 Å². The number of aromatic amines is 1. The fraction of sp³-hybridized carbons (Fsp3) is 0.400. The van der Waals surface area contributed by atoms with E-state index in [1.54, 1.807) is 0 Å². The summed E-state index contributed by atoms with van der Waals surface area (Å²) in [5, 5.41) is 4.72. The van der Waals surface area contributed by atoms with E-state index in [0.717, 1.165) is 24.4 Å². The summed E-state index contributed by atoms with van der Waals surface area (Å²) in [6.45, 7) is 5.63. The van der Waals surface area contributed by atoms with Crippen molar-refractivity contribution in [1.29, 1.82) is 0 Å². The molecule has 3 heterocycles. The molecule has 0 amide bonds. The maximum atomic E-state index is 5.71. The molecular weight excluding hydrogens is 298 g/mol. The van der Waals surface area contributed by atoms with E-state index in [9.17, 15) is 0 Å². The molecule has 3 aromatic rings. The van der Waals surface area contributed by atoms with E-state index >= 15 is 0 Å². The molecule has 1 aliphatic rings. The Balaban J connectivity index is 1.28. The molecule has 0 radical (unpaired) electrons. The molecule has 1 aromatic carbocycles. The van der Waals surface area contributed by atoms with Gasteiger partial charge >= 0.3 is 0 Å². The molecule has 0 aliphatic carbocycles. The number of nitrogens with one attached hydrogen (secondary N) is 2. The molecule has 24 heavy (non-hydrogen) atoms. The zero-order chi connectivity index (χ0) is 16.2. The van der Waals surface area contributed by atoms with Crippen LogP contribution in [0.25, 0.3) is 22.0 Å². The van der Waals surface area contributed by atoms with Crippen molar-refractivity contribution in [2.24, 2.45) is 0 Å². The minimum absolute atomic E-state index is 0.798. The highest BCUT2D eigenvalue weighted by atomic mass is 16.3. The predicted octanol–water partition coefficient (Wildman–Crippen LogP) is 4.00. The molecule has 2 N–H and O–H groups in total. The quantitative estimate of drug-likeness (QED) is 0.646. The van der Waals surface area contributed by atoms with Crippen molar-refractivity contribution in [3.05, 3.63) is 48.6 Å². The van der Waals surface area contributed by atoms with E-state index in [1.807, 2.05) is 12.5 Å². The van der Waals surface area contributed by atoms with Crippen molar-refractivity contribution >= 4 is 10.9 Å². The van der Waals surface area contributed by atoms with Crippen LogP contribution in [0, 0.1) is 0 Å². The maximum absolute atomic E-state index is 5.71. The van der Waals surface area contributed by atoms with Crippen LogP contribution in [0.15, 0.2) is 47.2 Å². The topological polar surface area (TPSA) is 44.2 Å². The standard InChI is InChI=1S/C20H25N3O/c1-2-10-23(9-1)11-3-7-21-14-19-13-18(15-24-19)16-4-5-20-17(12-16)6-8-22-20/h4-6,8,12-13,15,21-22H,1-3,7,9-11,14H2. The number of hydrogen-bond donors (Lipinski definition) is 2. The second-order valence-corrected chi connectivity index (χ2v) is 6.66. The summed E-state index contributed by atoms with van der Waals surface area (Å²) in [6.07, 6.45) is 7.78. The summed E-state index contributed by atoms with van der Waals surface area (Å²) < 4.78 is 5.71. The van der Waals surface area contributed by atoms with Crippen molar-refractivity contribution in [3.63, 3.8) is 0 Å². The summed E-state index contributed by atoms with van der Waals surface area (Å²) in [5.74, 6) is 1.00. The Kier molecular flexibility index (Phi) is 4.67. The van der Waals surface area contributed by atoms with Gasteiger partial charge in [0, 0.05) is 17.3 Å². The van der Waals surface area contributed by atoms with Crippen molar-refractivity contribution < 1.29 is 4.42 Å². The zero-order valence-electron chi connectivity index (χ0n) is 14.1. The van der Waals surface area contributed by atoms with Gasteiger partial charge in [0.2, 0.25) is 0 Å². The molecule has 0 spiro atoms. The first-order valence-corrected chi connectivity index (χ1v) is 8.96. The highest BCUT2D eigenvalue weighted by Crippen LogP contribution is 2.25. The van der Waals surface area contributed by atoms with Gasteiger partial charge in [-0.05, 0) is 80.7 Å². The average Bonchev–Trinajstić information content (AvgIpc) is 3.35. The lowest BCUT2D eigenvalue weighted by atomic mass is 10.1. The summed E-state index contributed by atoms with van der Waals surface area (Å²) >= 11 is 0. The van der Waals surface area contributed by atoms with Crippen LogP contribution in [0.1, 0.15) is 25.0 Å². The van der Waals surface area contributed by atoms with E-state index < -0.39 is 0 Å². The number of hydrogen-bond acceptors (Lipinski definition) is 3. The number of aromatic nitrogens is 1. The SMILES string of the molecule is c1cc2cc(-c3coc(CNCCCN4CCCC4)c3)ccc2[nH]1. The van der Waals surface area contributed by atoms with Gasteiger partial charge < -0.3 is 19.6 Å². The number of H-pyrrole nitrogens is 1. The Bertz CT molecular complexity index is 783. The Hall–Kier alpha value is -2.04. The van der Waals surface area contributed by atoms with Crippen molar-refractivity contribution in [1.82, 2.24) is 15.2 Å². The molecule has 1 fully saturated rings. The molecule has 0 saturated carbocycles. The van der Waals surface area contributed by atoms with Gasteiger partial charge in [-0.15, -0.1) is 0 Å². The maximum Gasteiger partial charge on any atom is 0.118 e. The lowest BCUT2D eigenvalue weighted by molar-refractivity contribution is 0.330. The number of nitrogens with zero attached hydrogens (tertiary/aromatic N) is 1. The van der Waals surface area contributed by atoms with Gasteiger partial charge in [0.25, 0.3) is 0 Å². The largest absolute Gasteiger partial charge is 0.467 e. The third-order valence-corrected chi connectivity index (χ3v) is 4.87. The highest BCUT2D eigenvalue weighted by molar-refractivity contribution is 5.84. The normalized spacial score (nSPS) is 15.5. The molecule has 4 rings (SSSR count). The van der Waals surface area contributed by atoms with Crippen LogP contribution in [0.2, 0.25) is 0 Å². The third-order valence-electron chi connectivity index (χ3n) is 4.87. The van der Waals surface area contributed by atoms with Crippen molar-refractivity contribution in [2.75, 3.05) is 26.2 Å². The number of likely N-dealkylation sites (tertiary alicyclic amines) is 1. The molecule has 1 aliphatic heterocycles. The zero-order valence-corrected chi connectivity index (χ0v) is 14.1. The van der Waals surface area contributed by atoms with E-state index in [-0.39, 0.29) is 0 Å². The number of fused-ring (bicyclic) bond motifs is 1. The lowest BCUT2D eigenvalue weighted by Crippen LogP contribution is -2.24. The third kappa shape index (κ3) is 3.55. The van der Waals surface area contributed by atoms with Gasteiger partial charge in [-0.2, -0.15) is 0 Å². The van der Waals surface area contributed by atoms with Crippen LogP contribution in [0.3, 0.4) is 0 Å². The van der Waals surface area contributed by atoms with Crippen LogP contribution < -0.4 is 5.32 Å². The lowest BCUT2D eigenvalue weighted by Gasteiger charge is -2.13. The van der Waals surface area contributed by atoms with Gasteiger partial charge in [-0.25, -0.2) is 0 Å². The van der Waals surface area contributed by atoms with Crippen LogP contribution in [-0.2, 0) is 6.54 Å². The molecule has 4 nitrogen and oxygen atoms in total. The first-order chi connectivity index (χ1) is 11.9. The summed E-state index contributed by atoms with van der Waals surface area (Å²) in [6, 6.07) is 10.7. The molecule has 2 aromatic heterocycles. The first-order valence-electron chi connectivity index (χ1n) is 8.96. The number of benzene rings is 1. The van der Waals surface area contributed by atoms with Crippen LogP contribution in [-0.4, -0.2) is 36.1 Å². The second-order valence-electron chi connectivity index (χ2n) is 6.66. The van der Waals surface area contributed by atoms with Crippen molar-refractivity contribution in [3.8, 4) is 11.1 Å². The van der Waals surface area contributed by atoms with Gasteiger partial charge in [0.15, 0.2) is 0 Å². The fourth-order valence-electron chi connectivity index (χ4n) is 3.50. The van der Waals surface area contributed by atoms with Crippen molar-refractivity contribution in [2.45, 2.75) is 25.8 Å².